The third-order valence-electron chi connectivity index (χ3n) is 1.88. The number of methoxy groups -OCH3 is 1. The molecule has 0 bridgehead atoms. The average Bonchev–Trinajstić information content (AvgIpc) is 2.22. The Bertz CT molecular complexity index is 348. The third kappa shape index (κ3) is 3.21. The second kappa shape index (κ2) is 5.51. The van der Waals surface area contributed by atoms with Crippen molar-refractivity contribution in [2.24, 2.45) is 0 Å². The zero-order valence-electron chi connectivity index (χ0n) is 8.38. The van der Waals surface area contributed by atoms with Gasteiger partial charge < -0.3 is 10.1 Å². The minimum atomic E-state index is -0.384. The van der Waals surface area contributed by atoms with Crippen LogP contribution in [0.5, 0.6) is 0 Å². The van der Waals surface area contributed by atoms with E-state index in [1.165, 1.54) is 7.11 Å². The molecule has 1 aromatic carbocycles. The van der Waals surface area contributed by atoms with Crippen LogP contribution in [0.15, 0.2) is 27.1 Å². The molecule has 1 rings (SSSR count). The molecule has 1 atom stereocenters. The van der Waals surface area contributed by atoms with Crippen LogP contribution in [0.2, 0.25) is 0 Å². The average molecular weight is 337 g/mol. The molecule has 0 aliphatic rings. The van der Waals surface area contributed by atoms with Crippen LogP contribution < -0.4 is 5.32 Å². The summed E-state index contributed by atoms with van der Waals surface area (Å²) < 4.78 is 6.42. The van der Waals surface area contributed by atoms with E-state index in [-0.39, 0.29) is 12.0 Å². The number of hydrogen-bond donors (Lipinski definition) is 1. The van der Waals surface area contributed by atoms with Gasteiger partial charge >= 0.3 is 5.97 Å². The lowest BCUT2D eigenvalue weighted by Gasteiger charge is -2.15. The highest BCUT2D eigenvalue weighted by Gasteiger charge is 2.15. The van der Waals surface area contributed by atoms with Crippen LogP contribution in [0.25, 0.3) is 0 Å². The lowest BCUT2D eigenvalue weighted by molar-refractivity contribution is -0.141. The van der Waals surface area contributed by atoms with E-state index in [4.69, 9.17) is 0 Å². The van der Waals surface area contributed by atoms with Crippen LogP contribution in [-0.2, 0) is 9.53 Å². The van der Waals surface area contributed by atoms with Gasteiger partial charge in [-0.1, -0.05) is 6.07 Å². The molecule has 5 heteroatoms. The molecule has 0 saturated heterocycles. The molecule has 0 saturated carbocycles. The smallest absolute Gasteiger partial charge is 0.327 e. The Balaban J connectivity index is 2.85. The molecular formula is C10H11Br2NO2. The van der Waals surface area contributed by atoms with Gasteiger partial charge in [-0.2, -0.15) is 0 Å². The summed E-state index contributed by atoms with van der Waals surface area (Å²) in [6, 6.07) is 5.32. The largest absolute Gasteiger partial charge is 0.467 e. The van der Waals surface area contributed by atoms with E-state index in [1.54, 1.807) is 6.92 Å². The minimum Gasteiger partial charge on any atom is -0.467 e. The molecule has 0 heterocycles. The Morgan fingerprint density at radius 3 is 2.40 bits per heavy atom. The predicted molar refractivity (Wildman–Crippen MR) is 66.9 cm³/mol. The highest BCUT2D eigenvalue weighted by molar-refractivity contribution is 9.11. The number of para-hydroxylation sites is 1. The van der Waals surface area contributed by atoms with Crippen molar-refractivity contribution in [1.29, 1.82) is 0 Å². The molecule has 1 unspecified atom stereocenters. The van der Waals surface area contributed by atoms with E-state index in [0.29, 0.717) is 0 Å². The SMILES string of the molecule is COC(=O)C(C)Nc1c(Br)cccc1Br. The number of esters is 1. The molecular weight excluding hydrogens is 326 g/mol. The van der Waals surface area contributed by atoms with E-state index < -0.39 is 0 Å². The van der Waals surface area contributed by atoms with Gasteiger partial charge in [-0.05, 0) is 50.9 Å². The summed E-state index contributed by atoms with van der Waals surface area (Å²) in [6.07, 6.45) is 0. The van der Waals surface area contributed by atoms with Crippen molar-refractivity contribution >= 4 is 43.5 Å². The number of anilines is 1. The molecule has 82 valence electrons. The zero-order valence-corrected chi connectivity index (χ0v) is 11.6. The molecule has 3 nitrogen and oxygen atoms in total. The van der Waals surface area contributed by atoms with E-state index in [0.717, 1.165) is 14.6 Å². The van der Waals surface area contributed by atoms with Crippen molar-refractivity contribution < 1.29 is 9.53 Å². The fourth-order valence-corrected chi connectivity index (χ4v) is 2.32. The molecule has 0 aliphatic carbocycles. The monoisotopic (exact) mass is 335 g/mol. The summed E-state index contributed by atoms with van der Waals surface area (Å²) in [6.45, 7) is 1.75. The molecule has 1 aromatic rings. The number of ether oxygens (including phenoxy) is 1. The van der Waals surface area contributed by atoms with Gasteiger partial charge in [-0.15, -0.1) is 0 Å². The molecule has 0 fully saturated rings. The number of benzene rings is 1. The first-order chi connectivity index (χ1) is 7.06. The summed E-state index contributed by atoms with van der Waals surface area (Å²) in [5, 5.41) is 3.06. The Morgan fingerprint density at radius 2 is 1.93 bits per heavy atom. The van der Waals surface area contributed by atoms with Crippen LogP contribution in [0.3, 0.4) is 0 Å². The highest BCUT2D eigenvalue weighted by Crippen LogP contribution is 2.31. The van der Waals surface area contributed by atoms with Gasteiger partial charge in [0.15, 0.2) is 0 Å². The lowest BCUT2D eigenvalue weighted by atomic mass is 10.2. The fraction of sp³-hybridized carbons (Fsp3) is 0.300. The standard InChI is InChI=1S/C10H11Br2NO2/c1-6(10(14)15-2)13-9-7(11)4-3-5-8(9)12/h3-6,13H,1-2H3. The molecule has 0 aromatic heterocycles. The Labute approximate surface area is 105 Å². The van der Waals surface area contributed by atoms with Crippen molar-refractivity contribution in [2.45, 2.75) is 13.0 Å². The van der Waals surface area contributed by atoms with E-state index >= 15 is 0 Å². The normalized spacial score (nSPS) is 12.0. The molecule has 0 aliphatic heterocycles. The van der Waals surface area contributed by atoms with Crippen LogP contribution in [0.4, 0.5) is 5.69 Å². The summed E-state index contributed by atoms with van der Waals surface area (Å²) in [4.78, 5) is 11.2. The van der Waals surface area contributed by atoms with Gasteiger partial charge in [0.25, 0.3) is 0 Å². The Morgan fingerprint density at radius 1 is 1.40 bits per heavy atom. The second-order valence-electron chi connectivity index (χ2n) is 2.99. The summed E-state index contributed by atoms with van der Waals surface area (Å²) in [5.74, 6) is -0.294. The number of carbonyl (C=O) groups is 1. The molecule has 1 N–H and O–H groups in total. The van der Waals surface area contributed by atoms with Crippen molar-refractivity contribution in [3.05, 3.63) is 27.1 Å². The number of nitrogens with one attached hydrogen (secondary N) is 1. The van der Waals surface area contributed by atoms with Gasteiger partial charge in [-0.3, -0.25) is 0 Å². The van der Waals surface area contributed by atoms with Crippen molar-refractivity contribution in [1.82, 2.24) is 0 Å². The fourth-order valence-electron chi connectivity index (χ4n) is 1.09. The van der Waals surface area contributed by atoms with E-state index in [2.05, 4.69) is 41.9 Å². The molecule has 0 amide bonds. The molecule has 0 spiro atoms. The molecule has 0 radical (unpaired) electrons. The van der Waals surface area contributed by atoms with Gasteiger partial charge in [0.1, 0.15) is 6.04 Å². The molecule has 15 heavy (non-hydrogen) atoms. The lowest BCUT2D eigenvalue weighted by Crippen LogP contribution is -2.27. The second-order valence-corrected chi connectivity index (χ2v) is 4.69. The number of carbonyl (C=O) groups excluding carboxylic acids is 1. The quantitative estimate of drug-likeness (QED) is 0.861. The minimum absolute atomic E-state index is 0.294. The Kier molecular flexibility index (Phi) is 4.60. The highest BCUT2D eigenvalue weighted by atomic mass is 79.9. The zero-order chi connectivity index (χ0) is 11.4. The Hall–Kier alpha value is -0.550. The first-order valence-electron chi connectivity index (χ1n) is 4.34. The topological polar surface area (TPSA) is 38.3 Å². The van der Waals surface area contributed by atoms with Gasteiger partial charge in [0, 0.05) is 8.95 Å². The number of halogens is 2. The van der Waals surface area contributed by atoms with Crippen LogP contribution in [0.1, 0.15) is 6.92 Å². The van der Waals surface area contributed by atoms with Gasteiger partial charge in [-0.25, -0.2) is 4.79 Å². The van der Waals surface area contributed by atoms with Gasteiger partial charge in [0.2, 0.25) is 0 Å². The van der Waals surface area contributed by atoms with Crippen molar-refractivity contribution in [3.63, 3.8) is 0 Å². The summed E-state index contributed by atoms with van der Waals surface area (Å²) in [5.41, 5.74) is 0.843. The first-order valence-corrected chi connectivity index (χ1v) is 5.93. The van der Waals surface area contributed by atoms with E-state index in [1.807, 2.05) is 18.2 Å². The van der Waals surface area contributed by atoms with Crippen LogP contribution in [-0.4, -0.2) is 19.1 Å². The summed E-state index contributed by atoms with van der Waals surface area (Å²) in [7, 11) is 1.37. The van der Waals surface area contributed by atoms with Crippen molar-refractivity contribution in [2.75, 3.05) is 12.4 Å². The third-order valence-corrected chi connectivity index (χ3v) is 3.20. The number of rotatable bonds is 3. The van der Waals surface area contributed by atoms with E-state index in [9.17, 15) is 4.79 Å². The van der Waals surface area contributed by atoms with Gasteiger partial charge in [0.05, 0.1) is 12.8 Å². The summed E-state index contributed by atoms with van der Waals surface area (Å²) >= 11 is 6.80. The predicted octanol–water partition coefficient (Wildman–Crippen LogP) is 3.19. The maximum absolute atomic E-state index is 11.2. The van der Waals surface area contributed by atoms with Crippen LogP contribution >= 0.6 is 31.9 Å². The van der Waals surface area contributed by atoms with Crippen molar-refractivity contribution in [3.8, 4) is 0 Å². The maximum atomic E-state index is 11.2. The number of hydrogen-bond acceptors (Lipinski definition) is 3. The van der Waals surface area contributed by atoms with Crippen LogP contribution in [0, 0.1) is 0 Å². The maximum Gasteiger partial charge on any atom is 0.327 e. The first kappa shape index (κ1) is 12.5.